The monoisotopic (exact) mass is 307 g/mol. The summed E-state index contributed by atoms with van der Waals surface area (Å²) in [6.45, 7) is 0. The number of halogens is 2. The van der Waals surface area contributed by atoms with Gasteiger partial charge in [-0.25, -0.2) is 8.42 Å². The Labute approximate surface area is 100 Å². The molecule has 0 unspecified atom stereocenters. The molecule has 0 atom stereocenters. The van der Waals surface area contributed by atoms with E-state index in [0.29, 0.717) is 5.39 Å². The third kappa shape index (κ3) is 1.91. The van der Waals surface area contributed by atoms with E-state index in [1.54, 1.807) is 23.7 Å². The molecule has 80 valence electrons. The Balaban J connectivity index is 2.92. The first-order chi connectivity index (χ1) is 6.89. The van der Waals surface area contributed by atoms with Gasteiger partial charge in [0.15, 0.2) is 0 Å². The van der Waals surface area contributed by atoms with E-state index in [1.807, 2.05) is 6.07 Å². The van der Waals surface area contributed by atoms with Crippen molar-refractivity contribution in [3.8, 4) is 0 Å². The Bertz CT molecular complexity index is 633. The van der Waals surface area contributed by atoms with Crippen LogP contribution in [0.25, 0.3) is 10.9 Å². The average Bonchev–Trinajstić information content (AvgIpc) is 2.43. The van der Waals surface area contributed by atoms with Crippen molar-refractivity contribution >= 4 is 46.6 Å². The molecule has 0 saturated heterocycles. The summed E-state index contributed by atoms with van der Waals surface area (Å²) < 4.78 is 25.2. The third-order valence-electron chi connectivity index (χ3n) is 2.18. The summed E-state index contributed by atoms with van der Waals surface area (Å²) in [4.78, 5) is 0.147. The van der Waals surface area contributed by atoms with E-state index in [9.17, 15) is 8.42 Å². The first-order valence-corrected chi connectivity index (χ1v) is 7.19. The molecule has 0 aliphatic carbocycles. The summed E-state index contributed by atoms with van der Waals surface area (Å²) in [5.74, 6) is 0. The molecular formula is C9H7BrClNO2S. The lowest BCUT2D eigenvalue weighted by Crippen LogP contribution is -1.88. The van der Waals surface area contributed by atoms with Gasteiger partial charge in [0.05, 0.1) is 5.52 Å². The first kappa shape index (κ1) is 11.0. The maximum absolute atomic E-state index is 11.3. The molecule has 0 spiro atoms. The SMILES string of the molecule is Cn1cc(S(=O)(=O)Cl)c2ccc(Br)cc21. The van der Waals surface area contributed by atoms with E-state index < -0.39 is 9.05 Å². The number of nitrogens with zero attached hydrogens (tertiary/aromatic N) is 1. The largest absolute Gasteiger partial charge is 0.349 e. The minimum absolute atomic E-state index is 0.147. The van der Waals surface area contributed by atoms with E-state index in [-0.39, 0.29) is 4.90 Å². The molecule has 2 rings (SSSR count). The second-order valence-corrected chi connectivity index (χ2v) is 6.65. The van der Waals surface area contributed by atoms with Crippen molar-refractivity contribution in [2.24, 2.45) is 7.05 Å². The fourth-order valence-electron chi connectivity index (χ4n) is 1.51. The fraction of sp³-hybridized carbons (Fsp3) is 0.111. The number of hydrogen-bond donors (Lipinski definition) is 0. The van der Waals surface area contributed by atoms with Crippen LogP contribution in [0.2, 0.25) is 0 Å². The lowest BCUT2D eigenvalue weighted by Gasteiger charge is -1.96. The van der Waals surface area contributed by atoms with Crippen LogP contribution in [0.15, 0.2) is 33.8 Å². The highest BCUT2D eigenvalue weighted by Crippen LogP contribution is 2.29. The van der Waals surface area contributed by atoms with Gasteiger partial charge in [0.1, 0.15) is 4.90 Å². The fourth-order valence-corrected chi connectivity index (χ4v) is 2.95. The Morgan fingerprint density at radius 1 is 1.40 bits per heavy atom. The smallest absolute Gasteiger partial charge is 0.263 e. The molecule has 0 N–H and O–H groups in total. The number of hydrogen-bond acceptors (Lipinski definition) is 2. The number of benzene rings is 1. The molecule has 6 heteroatoms. The molecule has 0 fully saturated rings. The number of fused-ring (bicyclic) bond motifs is 1. The molecule has 0 bridgehead atoms. The van der Waals surface area contributed by atoms with Crippen LogP contribution in [0, 0.1) is 0 Å². The minimum atomic E-state index is -3.69. The summed E-state index contributed by atoms with van der Waals surface area (Å²) in [7, 11) is 3.43. The summed E-state index contributed by atoms with van der Waals surface area (Å²) in [6, 6.07) is 5.36. The molecular weight excluding hydrogens is 302 g/mol. The second kappa shape index (κ2) is 3.50. The molecule has 0 saturated carbocycles. The molecule has 1 heterocycles. The van der Waals surface area contributed by atoms with Gasteiger partial charge in [0.25, 0.3) is 9.05 Å². The van der Waals surface area contributed by atoms with Gasteiger partial charge in [-0.15, -0.1) is 0 Å². The number of rotatable bonds is 1. The molecule has 0 aliphatic rings. The third-order valence-corrected chi connectivity index (χ3v) is 4.02. The van der Waals surface area contributed by atoms with Crippen LogP contribution in [0.5, 0.6) is 0 Å². The highest BCUT2D eigenvalue weighted by atomic mass is 79.9. The predicted molar refractivity (Wildman–Crippen MR) is 63.7 cm³/mol. The van der Waals surface area contributed by atoms with Gasteiger partial charge in [0, 0.05) is 33.8 Å². The van der Waals surface area contributed by atoms with E-state index in [4.69, 9.17) is 10.7 Å². The Kier molecular flexibility index (Phi) is 2.56. The van der Waals surface area contributed by atoms with Crippen LogP contribution in [0.4, 0.5) is 0 Å². The molecule has 0 radical (unpaired) electrons. The molecule has 3 nitrogen and oxygen atoms in total. The Morgan fingerprint density at radius 3 is 2.67 bits per heavy atom. The van der Waals surface area contributed by atoms with Crippen LogP contribution in [-0.4, -0.2) is 13.0 Å². The zero-order valence-corrected chi connectivity index (χ0v) is 10.9. The molecule has 1 aromatic carbocycles. The molecule has 2 aromatic rings. The van der Waals surface area contributed by atoms with Gasteiger partial charge in [-0.05, 0) is 12.1 Å². The summed E-state index contributed by atoms with van der Waals surface area (Å²) in [5, 5.41) is 0.635. The van der Waals surface area contributed by atoms with E-state index in [1.165, 1.54) is 6.20 Å². The van der Waals surface area contributed by atoms with Gasteiger partial charge in [0.2, 0.25) is 0 Å². The van der Waals surface area contributed by atoms with Crippen molar-refractivity contribution in [1.82, 2.24) is 4.57 Å². The van der Waals surface area contributed by atoms with Gasteiger partial charge in [-0.3, -0.25) is 0 Å². The lowest BCUT2D eigenvalue weighted by molar-refractivity contribution is 0.610. The van der Waals surface area contributed by atoms with Crippen LogP contribution in [0.3, 0.4) is 0 Å². The number of aryl methyl sites for hydroxylation is 1. The topological polar surface area (TPSA) is 39.1 Å². The summed E-state index contributed by atoms with van der Waals surface area (Å²) in [5.41, 5.74) is 0.823. The maximum atomic E-state index is 11.3. The molecule has 15 heavy (non-hydrogen) atoms. The second-order valence-electron chi connectivity index (χ2n) is 3.20. The zero-order valence-electron chi connectivity index (χ0n) is 7.74. The van der Waals surface area contributed by atoms with Crippen LogP contribution in [0.1, 0.15) is 0 Å². The quantitative estimate of drug-likeness (QED) is 0.760. The van der Waals surface area contributed by atoms with E-state index in [2.05, 4.69) is 15.9 Å². The molecule has 0 amide bonds. The molecule has 1 aromatic heterocycles. The van der Waals surface area contributed by atoms with Crippen molar-refractivity contribution in [2.45, 2.75) is 4.90 Å². The number of aromatic nitrogens is 1. The standard InChI is InChI=1S/C9H7BrClNO2S/c1-12-5-9(15(11,13)14)7-3-2-6(10)4-8(7)12/h2-5H,1H3. The Morgan fingerprint density at radius 2 is 2.07 bits per heavy atom. The minimum Gasteiger partial charge on any atom is -0.349 e. The van der Waals surface area contributed by atoms with Gasteiger partial charge < -0.3 is 4.57 Å². The van der Waals surface area contributed by atoms with Gasteiger partial charge in [-0.2, -0.15) is 0 Å². The normalized spacial score (nSPS) is 12.2. The van der Waals surface area contributed by atoms with Crippen molar-refractivity contribution in [3.05, 3.63) is 28.9 Å². The predicted octanol–water partition coefficient (Wildman–Crippen LogP) is 2.87. The highest BCUT2D eigenvalue weighted by molar-refractivity contribution is 9.10. The first-order valence-electron chi connectivity index (χ1n) is 4.09. The Hall–Kier alpha value is -0.520. The van der Waals surface area contributed by atoms with Crippen LogP contribution < -0.4 is 0 Å². The van der Waals surface area contributed by atoms with Crippen molar-refractivity contribution in [1.29, 1.82) is 0 Å². The zero-order chi connectivity index (χ0) is 11.2. The van der Waals surface area contributed by atoms with Gasteiger partial charge >= 0.3 is 0 Å². The maximum Gasteiger partial charge on any atom is 0.263 e. The van der Waals surface area contributed by atoms with Crippen molar-refractivity contribution in [2.75, 3.05) is 0 Å². The average molecular weight is 309 g/mol. The van der Waals surface area contributed by atoms with E-state index >= 15 is 0 Å². The summed E-state index contributed by atoms with van der Waals surface area (Å²) >= 11 is 3.33. The lowest BCUT2D eigenvalue weighted by atomic mass is 10.2. The van der Waals surface area contributed by atoms with Crippen LogP contribution in [-0.2, 0) is 16.1 Å². The van der Waals surface area contributed by atoms with Crippen molar-refractivity contribution < 1.29 is 8.42 Å². The van der Waals surface area contributed by atoms with Crippen molar-refractivity contribution in [3.63, 3.8) is 0 Å². The van der Waals surface area contributed by atoms with Crippen LogP contribution >= 0.6 is 26.6 Å². The molecule has 0 aliphatic heterocycles. The summed E-state index contributed by atoms with van der Waals surface area (Å²) in [6.07, 6.45) is 1.51. The highest BCUT2D eigenvalue weighted by Gasteiger charge is 2.17. The van der Waals surface area contributed by atoms with E-state index in [0.717, 1.165) is 9.99 Å². The van der Waals surface area contributed by atoms with Gasteiger partial charge in [-0.1, -0.05) is 22.0 Å².